The molecule has 0 saturated heterocycles. The molecule has 38 heavy (non-hydrogen) atoms. The maximum atomic E-state index is 12.6. The summed E-state index contributed by atoms with van der Waals surface area (Å²) in [6, 6.07) is 15.3. The molecule has 3 heterocycles. The molecule has 2 aromatic carbocycles. The number of ether oxygens (including phenoxy) is 2. The summed E-state index contributed by atoms with van der Waals surface area (Å²) in [6.45, 7) is 2.41. The topological polar surface area (TPSA) is 88.9 Å². The van der Waals surface area contributed by atoms with Gasteiger partial charge in [0, 0.05) is 42.6 Å². The number of benzene rings is 2. The van der Waals surface area contributed by atoms with Gasteiger partial charge in [0.1, 0.15) is 17.2 Å². The number of carbonyl (C=O) groups excluding carboxylic acids is 1. The van der Waals surface area contributed by atoms with Crippen molar-refractivity contribution in [2.45, 2.75) is 25.9 Å². The Balaban J connectivity index is 1.24. The number of anilines is 2. The fourth-order valence-electron chi connectivity index (χ4n) is 4.20. The zero-order valence-corrected chi connectivity index (χ0v) is 20.0. The van der Waals surface area contributed by atoms with Gasteiger partial charge in [-0.3, -0.25) is 4.90 Å². The molecule has 2 N–H and O–H groups in total. The van der Waals surface area contributed by atoms with Crippen LogP contribution in [-0.2, 0) is 19.5 Å². The van der Waals surface area contributed by atoms with Gasteiger partial charge in [-0.25, -0.2) is 9.78 Å². The highest BCUT2D eigenvalue weighted by molar-refractivity contribution is 6.00. The van der Waals surface area contributed by atoms with E-state index < -0.39 is 12.4 Å². The van der Waals surface area contributed by atoms with Gasteiger partial charge in [-0.05, 0) is 60.5 Å². The highest BCUT2D eigenvalue weighted by atomic mass is 19.4. The van der Waals surface area contributed by atoms with Gasteiger partial charge in [0.25, 0.3) is 0 Å². The Hall–Kier alpha value is -4.51. The van der Waals surface area contributed by atoms with Crippen molar-refractivity contribution in [3.8, 4) is 17.4 Å². The molecule has 0 aliphatic carbocycles. The molecule has 0 fully saturated rings. The van der Waals surface area contributed by atoms with Crippen LogP contribution in [0.4, 0.5) is 29.3 Å². The van der Waals surface area contributed by atoms with Crippen LogP contribution < -0.4 is 20.1 Å². The molecule has 1 aliphatic rings. The van der Waals surface area contributed by atoms with Crippen LogP contribution in [0.3, 0.4) is 0 Å². The van der Waals surface area contributed by atoms with E-state index in [-0.39, 0.29) is 17.3 Å². The second-order valence-corrected chi connectivity index (χ2v) is 8.60. The molecular weight excluding hydrogens is 501 g/mol. The number of halogens is 3. The Kier molecular flexibility index (Phi) is 7.18. The molecule has 0 radical (unpaired) electrons. The van der Waals surface area contributed by atoms with Gasteiger partial charge in [0.05, 0.1) is 12.5 Å². The molecule has 11 heteroatoms. The fourth-order valence-corrected chi connectivity index (χ4v) is 4.20. The summed E-state index contributed by atoms with van der Waals surface area (Å²) in [4.78, 5) is 19.2. The summed E-state index contributed by atoms with van der Waals surface area (Å²) >= 11 is 0. The van der Waals surface area contributed by atoms with Gasteiger partial charge < -0.3 is 24.5 Å². The third-order valence-corrected chi connectivity index (χ3v) is 5.86. The van der Waals surface area contributed by atoms with Crippen LogP contribution in [0.15, 0.2) is 83.8 Å². The van der Waals surface area contributed by atoms with Crippen LogP contribution in [0.1, 0.15) is 16.7 Å². The normalized spacial score (nSPS) is 13.4. The number of furan rings is 1. The largest absolute Gasteiger partial charge is 0.573 e. The maximum absolute atomic E-state index is 12.6. The third-order valence-electron chi connectivity index (χ3n) is 5.86. The average molecular weight is 524 g/mol. The lowest BCUT2D eigenvalue weighted by Gasteiger charge is -2.29. The SMILES string of the molecule is O=C(Nc1ccc(OC(F)(F)F)cc1)Nc1cccnc1Oc1cccc2c1CCN(Cc1ccoc1)C2. The summed E-state index contributed by atoms with van der Waals surface area (Å²) in [6.07, 6.45) is 0.966. The Morgan fingerprint density at radius 2 is 1.89 bits per heavy atom. The summed E-state index contributed by atoms with van der Waals surface area (Å²) < 4.78 is 52.2. The van der Waals surface area contributed by atoms with Crippen LogP contribution in [0.25, 0.3) is 0 Å². The summed E-state index contributed by atoms with van der Waals surface area (Å²) in [5.41, 5.74) is 3.96. The van der Waals surface area contributed by atoms with E-state index in [9.17, 15) is 18.0 Å². The van der Waals surface area contributed by atoms with Crippen LogP contribution in [0.5, 0.6) is 17.4 Å². The predicted molar refractivity (Wildman–Crippen MR) is 133 cm³/mol. The molecule has 0 unspecified atom stereocenters. The van der Waals surface area contributed by atoms with E-state index >= 15 is 0 Å². The summed E-state index contributed by atoms with van der Waals surface area (Å²) in [5, 5.41) is 5.24. The van der Waals surface area contributed by atoms with Gasteiger partial charge in [0.15, 0.2) is 0 Å². The van der Waals surface area contributed by atoms with Crippen molar-refractivity contribution in [3.05, 3.63) is 96.1 Å². The van der Waals surface area contributed by atoms with Gasteiger partial charge in [-0.2, -0.15) is 0 Å². The van der Waals surface area contributed by atoms with Crippen molar-refractivity contribution < 1.29 is 31.9 Å². The number of nitrogens with one attached hydrogen (secondary N) is 2. The monoisotopic (exact) mass is 524 g/mol. The van der Waals surface area contributed by atoms with Gasteiger partial charge in [0.2, 0.25) is 5.88 Å². The van der Waals surface area contributed by atoms with Crippen LogP contribution in [0, 0.1) is 0 Å². The standard InChI is InChI=1S/C27H23F3N4O4/c28-27(29,30)38-21-8-6-20(7-9-21)32-26(35)33-23-4-2-12-31-25(23)37-24-5-1-3-19-16-34(13-10-22(19)24)15-18-11-14-36-17-18/h1-9,11-12,14,17H,10,13,15-16H2,(H2,32,33,35). The van der Waals surface area contributed by atoms with Crippen molar-refractivity contribution in [2.24, 2.45) is 0 Å². The number of amides is 2. The minimum atomic E-state index is -4.79. The zero-order chi connectivity index (χ0) is 26.5. The number of urea groups is 1. The fraction of sp³-hybridized carbons (Fsp3) is 0.185. The maximum Gasteiger partial charge on any atom is 0.573 e. The van der Waals surface area contributed by atoms with E-state index in [0.29, 0.717) is 11.4 Å². The predicted octanol–water partition coefficient (Wildman–Crippen LogP) is 6.57. The van der Waals surface area contributed by atoms with Gasteiger partial charge in [-0.1, -0.05) is 12.1 Å². The number of hydrogen-bond donors (Lipinski definition) is 2. The van der Waals surface area contributed by atoms with Crippen molar-refractivity contribution in [3.63, 3.8) is 0 Å². The van der Waals surface area contributed by atoms with Crippen LogP contribution >= 0.6 is 0 Å². The van der Waals surface area contributed by atoms with E-state index in [1.807, 2.05) is 18.2 Å². The average Bonchev–Trinajstić information content (AvgIpc) is 3.39. The minimum absolute atomic E-state index is 0.214. The van der Waals surface area contributed by atoms with Crippen molar-refractivity contribution >= 4 is 17.4 Å². The van der Waals surface area contributed by atoms with Crippen molar-refractivity contribution in [2.75, 3.05) is 17.2 Å². The Labute approximate surface area is 216 Å². The van der Waals surface area contributed by atoms with Crippen molar-refractivity contribution in [1.29, 1.82) is 0 Å². The number of fused-ring (bicyclic) bond motifs is 1. The lowest BCUT2D eigenvalue weighted by atomic mass is 9.98. The van der Waals surface area contributed by atoms with E-state index in [1.165, 1.54) is 12.1 Å². The lowest BCUT2D eigenvalue weighted by Crippen LogP contribution is -2.30. The van der Waals surface area contributed by atoms with E-state index in [2.05, 4.69) is 31.3 Å². The molecule has 1 aliphatic heterocycles. The number of hydrogen-bond acceptors (Lipinski definition) is 6. The van der Waals surface area contributed by atoms with Gasteiger partial charge in [-0.15, -0.1) is 13.2 Å². The molecule has 2 amide bonds. The molecule has 0 saturated carbocycles. The number of alkyl halides is 3. The van der Waals surface area contributed by atoms with E-state index in [1.54, 1.807) is 30.9 Å². The number of rotatable bonds is 7. The van der Waals surface area contributed by atoms with E-state index in [0.717, 1.165) is 54.9 Å². The molecule has 5 rings (SSSR count). The third kappa shape index (κ3) is 6.43. The van der Waals surface area contributed by atoms with Crippen LogP contribution in [0.2, 0.25) is 0 Å². The Bertz CT molecular complexity index is 1390. The second kappa shape index (κ2) is 10.9. The first-order valence-electron chi connectivity index (χ1n) is 11.7. The first-order valence-corrected chi connectivity index (χ1v) is 11.7. The molecule has 196 valence electrons. The van der Waals surface area contributed by atoms with Crippen LogP contribution in [-0.4, -0.2) is 28.8 Å². The summed E-state index contributed by atoms with van der Waals surface area (Å²) in [5.74, 6) is 0.487. The molecule has 0 atom stereocenters. The smallest absolute Gasteiger partial charge is 0.472 e. The number of aromatic nitrogens is 1. The number of pyridine rings is 1. The second-order valence-electron chi connectivity index (χ2n) is 8.60. The first-order chi connectivity index (χ1) is 18.3. The van der Waals surface area contributed by atoms with E-state index in [4.69, 9.17) is 9.15 Å². The highest BCUT2D eigenvalue weighted by Gasteiger charge is 2.31. The highest BCUT2D eigenvalue weighted by Crippen LogP contribution is 2.34. The number of nitrogens with zero attached hydrogens (tertiary/aromatic N) is 2. The molecular formula is C27H23F3N4O4. The summed E-state index contributed by atoms with van der Waals surface area (Å²) in [7, 11) is 0. The molecule has 8 nitrogen and oxygen atoms in total. The quantitative estimate of drug-likeness (QED) is 0.284. The van der Waals surface area contributed by atoms with Gasteiger partial charge >= 0.3 is 12.4 Å². The van der Waals surface area contributed by atoms with Crippen molar-refractivity contribution in [1.82, 2.24) is 9.88 Å². The molecule has 0 bridgehead atoms. The molecule has 2 aromatic heterocycles. The molecule has 4 aromatic rings. The lowest BCUT2D eigenvalue weighted by molar-refractivity contribution is -0.274. The first kappa shape index (κ1) is 25.2. The Morgan fingerprint density at radius 1 is 1.05 bits per heavy atom. The Morgan fingerprint density at radius 3 is 2.66 bits per heavy atom. The molecule has 0 spiro atoms. The number of carbonyl (C=O) groups is 1. The minimum Gasteiger partial charge on any atom is -0.472 e. The zero-order valence-electron chi connectivity index (χ0n) is 20.0.